The van der Waals surface area contributed by atoms with Gasteiger partial charge in [-0.3, -0.25) is 0 Å². The van der Waals surface area contributed by atoms with E-state index in [2.05, 4.69) is 10.3 Å². The smallest absolute Gasteiger partial charge is 0.340 e. The van der Waals surface area contributed by atoms with Crippen LogP contribution in [0.1, 0.15) is 17.3 Å². The summed E-state index contributed by atoms with van der Waals surface area (Å²) in [6, 6.07) is 9.48. The minimum Gasteiger partial charge on any atom is -0.495 e. The van der Waals surface area contributed by atoms with Gasteiger partial charge in [0.25, 0.3) is 0 Å². The SMILES string of the molecule is CCOC(=O)c1cc2cc3c(cc2nc1-c1cccc(OC)c1NC(N)=O)OCO3. The summed E-state index contributed by atoms with van der Waals surface area (Å²) < 4.78 is 21.4. The number of nitrogens with one attached hydrogen (secondary N) is 1. The molecular weight excluding hydrogens is 390 g/mol. The first-order chi connectivity index (χ1) is 14.5. The number of primary amides is 1. The van der Waals surface area contributed by atoms with Gasteiger partial charge in [-0.15, -0.1) is 0 Å². The van der Waals surface area contributed by atoms with Gasteiger partial charge in [-0.25, -0.2) is 14.6 Å². The molecule has 1 aliphatic heterocycles. The monoisotopic (exact) mass is 409 g/mol. The van der Waals surface area contributed by atoms with Crippen LogP contribution in [0.5, 0.6) is 17.2 Å². The molecule has 4 rings (SSSR count). The van der Waals surface area contributed by atoms with Crippen LogP contribution >= 0.6 is 0 Å². The van der Waals surface area contributed by atoms with Gasteiger partial charge in [0.15, 0.2) is 11.5 Å². The highest BCUT2D eigenvalue weighted by atomic mass is 16.7. The fraction of sp³-hybridized carbons (Fsp3) is 0.190. The van der Waals surface area contributed by atoms with Crippen LogP contribution in [0, 0.1) is 0 Å². The molecule has 1 aliphatic rings. The van der Waals surface area contributed by atoms with Gasteiger partial charge >= 0.3 is 12.0 Å². The minimum atomic E-state index is -0.775. The Morgan fingerprint density at radius 2 is 1.97 bits per heavy atom. The third kappa shape index (κ3) is 3.41. The average Bonchev–Trinajstić information content (AvgIpc) is 3.18. The summed E-state index contributed by atoms with van der Waals surface area (Å²) in [5.74, 6) is 0.955. The number of aromatic nitrogens is 1. The summed E-state index contributed by atoms with van der Waals surface area (Å²) in [4.78, 5) is 29.0. The number of benzene rings is 2. The molecule has 0 fully saturated rings. The van der Waals surface area contributed by atoms with Crippen LogP contribution in [0.15, 0.2) is 36.4 Å². The number of pyridine rings is 1. The first kappa shape index (κ1) is 19.3. The summed E-state index contributed by atoms with van der Waals surface area (Å²) >= 11 is 0. The Labute approximate surface area is 171 Å². The van der Waals surface area contributed by atoms with Crippen LogP contribution in [0.3, 0.4) is 0 Å². The molecule has 0 bridgehead atoms. The maximum Gasteiger partial charge on any atom is 0.340 e. The van der Waals surface area contributed by atoms with Crippen LogP contribution in [0.4, 0.5) is 10.5 Å². The lowest BCUT2D eigenvalue weighted by molar-refractivity contribution is 0.0527. The van der Waals surface area contributed by atoms with E-state index < -0.39 is 12.0 Å². The molecule has 2 heterocycles. The lowest BCUT2D eigenvalue weighted by Gasteiger charge is -2.16. The van der Waals surface area contributed by atoms with Crippen molar-refractivity contribution < 1.29 is 28.5 Å². The zero-order chi connectivity index (χ0) is 21.3. The number of para-hydroxylation sites is 1. The number of carbonyl (C=O) groups excluding carboxylic acids is 2. The second-order valence-electron chi connectivity index (χ2n) is 6.38. The Balaban J connectivity index is 1.99. The van der Waals surface area contributed by atoms with Gasteiger partial charge < -0.3 is 30.0 Å². The van der Waals surface area contributed by atoms with E-state index in [1.54, 1.807) is 43.3 Å². The lowest BCUT2D eigenvalue weighted by atomic mass is 10.0. The number of carbonyl (C=O) groups is 2. The largest absolute Gasteiger partial charge is 0.495 e. The average molecular weight is 409 g/mol. The Morgan fingerprint density at radius 3 is 2.67 bits per heavy atom. The summed E-state index contributed by atoms with van der Waals surface area (Å²) in [5.41, 5.74) is 7.21. The molecule has 0 radical (unpaired) electrons. The van der Waals surface area contributed by atoms with Gasteiger partial charge in [0.05, 0.1) is 36.2 Å². The highest BCUT2D eigenvalue weighted by molar-refractivity contribution is 6.04. The number of ether oxygens (including phenoxy) is 4. The fourth-order valence-corrected chi connectivity index (χ4v) is 3.28. The predicted octanol–water partition coefficient (Wildman–Crippen LogP) is 3.31. The zero-order valence-corrected chi connectivity index (χ0v) is 16.4. The van der Waals surface area contributed by atoms with E-state index in [4.69, 9.17) is 24.7 Å². The molecule has 30 heavy (non-hydrogen) atoms. The molecule has 9 heteroatoms. The van der Waals surface area contributed by atoms with Crippen molar-refractivity contribution in [3.8, 4) is 28.5 Å². The number of anilines is 1. The van der Waals surface area contributed by atoms with E-state index in [1.165, 1.54) is 7.11 Å². The molecule has 0 saturated heterocycles. The lowest BCUT2D eigenvalue weighted by Crippen LogP contribution is -2.20. The zero-order valence-electron chi connectivity index (χ0n) is 16.4. The third-order valence-corrected chi connectivity index (χ3v) is 4.55. The van der Waals surface area contributed by atoms with E-state index in [-0.39, 0.29) is 19.0 Å². The summed E-state index contributed by atoms with van der Waals surface area (Å²) in [6.45, 7) is 2.03. The second kappa shape index (κ2) is 7.78. The number of fused-ring (bicyclic) bond motifs is 2. The number of rotatable bonds is 5. The molecule has 154 valence electrons. The van der Waals surface area contributed by atoms with Crippen molar-refractivity contribution >= 4 is 28.6 Å². The van der Waals surface area contributed by atoms with Gasteiger partial charge in [-0.1, -0.05) is 12.1 Å². The highest BCUT2D eigenvalue weighted by Crippen LogP contribution is 2.40. The molecule has 1 aromatic heterocycles. The van der Waals surface area contributed by atoms with Gasteiger partial charge in [0.2, 0.25) is 6.79 Å². The summed E-state index contributed by atoms with van der Waals surface area (Å²) in [6.07, 6.45) is 0. The molecular formula is C21H19N3O6. The molecule has 0 atom stereocenters. The Kier molecular flexibility index (Phi) is 5.01. The Hall–Kier alpha value is -4.01. The number of nitrogens with zero attached hydrogens (tertiary/aromatic N) is 1. The molecule has 0 unspecified atom stereocenters. The molecule has 9 nitrogen and oxygen atoms in total. The van der Waals surface area contributed by atoms with E-state index in [1.807, 2.05) is 0 Å². The maximum atomic E-state index is 12.7. The van der Waals surface area contributed by atoms with Gasteiger partial charge in [0.1, 0.15) is 5.75 Å². The Morgan fingerprint density at radius 1 is 1.20 bits per heavy atom. The summed E-state index contributed by atoms with van der Waals surface area (Å²) in [5, 5.41) is 3.24. The molecule has 2 amide bonds. The van der Waals surface area contributed by atoms with Crippen molar-refractivity contribution in [2.24, 2.45) is 5.73 Å². The van der Waals surface area contributed by atoms with Crippen molar-refractivity contribution in [2.45, 2.75) is 6.92 Å². The first-order valence-electron chi connectivity index (χ1n) is 9.17. The number of esters is 1. The number of hydrogen-bond acceptors (Lipinski definition) is 7. The predicted molar refractivity (Wildman–Crippen MR) is 109 cm³/mol. The number of nitrogens with two attached hydrogens (primary N) is 1. The van der Waals surface area contributed by atoms with Crippen LogP contribution in [-0.2, 0) is 4.74 Å². The van der Waals surface area contributed by atoms with E-state index in [9.17, 15) is 9.59 Å². The molecule has 3 aromatic rings. The van der Waals surface area contributed by atoms with E-state index >= 15 is 0 Å². The standard InChI is InChI=1S/C21H19N3O6/c1-3-28-20(25)13-7-11-8-16-17(30-10-29-16)9-14(11)23-18(13)12-5-4-6-15(27-2)19(12)24-21(22)26/h4-9H,3,10H2,1-2H3,(H3,22,24,26). The van der Waals surface area contributed by atoms with Gasteiger partial charge in [-0.2, -0.15) is 0 Å². The maximum absolute atomic E-state index is 12.7. The number of amides is 2. The number of methoxy groups -OCH3 is 1. The van der Waals surface area contributed by atoms with Crippen molar-refractivity contribution in [1.82, 2.24) is 4.98 Å². The van der Waals surface area contributed by atoms with Gasteiger partial charge in [0, 0.05) is 17.0 Å². The van der Waals surface area contributed by atoms with Crippen LogP contribution in [0.25, 0.3) is 22.2 Å². The van der Waals surface area contributed by atoms with Crippen LogP contribution < -0.4 is 25.3 Å². The van der Waals surface area contributed by atoms with Crippen LogP contribution in [-0.4, -0.2) is 37.5 Å². The fourth-order valence-electron chi connectivity index (χ4n) is 3.28. The van der Waals surface area contributed by atoms with E-state index in [0.717, 1.165) is 0 Å². The molecule has 3 N–H and O–H groups in total. The normalized spacial score (nSPS) is 11.9. The van der Waals surface area contributed by atoms with Crippen LogP contribution in [0.2, 0.25) is 0 Å². The number of urea groups is 1. The minimum absolute atomic E-state index is 0.117. The quantitative estimate of drug-likeness (QED) is 0.620. The van der Waals surface area contributed by atoms with E-state index in [0.29, 0.717) is 45.1 Å². The third-order valence-electron chi connectivity index (χ3n) is 4.55. The highest BCUT2D eigenvalue weighted by Gasteiger charge is 2.23. The number of hydrogen-bond donors (Lipinski definition) is 2. The van der Waals surface area contributed by atoms with Gasteiger partial charge in [-0.05, 0) is 25.1 Å². The van der Waals surface area contributed by atoms with Crippen molar-refractivity contribution in [1.29, 1.82) is 0 Å². The molecule has 0 aliphatic carbocycles. The van der Waals surface area contributed by atoms with Crippen molar-refractivity contribution in [2.75, 3.05) is 25.8 Å². The van der Waals surface area contributed by atoms with Crippen molar-refractivity contribution in [3.05, 3.63) is 42.0 Å². The molecule has 0 spiro atoms. The second-order valence-corrected chi connectivity index (χ2v) is 6.38. The summed E-state index contributed by atoms with van der Waals surface area (Å²) in [7, 11) is 1.46. The van der Waals surface area contributed by atoms with Crippen molar-refractivity contribution in [3.63, 3.8) is 0 Å². The molecule has 2 aromatic carbocycles. The first-order valence-corrected chi connectivity index (χ1v) is 9.17. The molecule has 0 saturated carbocycles. The Bertz CT molecular complexity index is 1160. The topological polar surface area (TPSA) is 122 Å².